The zero-order chi connectivity index (χ0) is 14.4. The largest absolute Gasteiger partial charge is 0.481 e. The fourth-order valence-corrected chi connectivity index (χ4v) is 2.48. The SMILES string of the molecule is O=C(O)Cc1ccccc1CNC(=O)CC1CCNC1. The monoisotopic (exact) mass is 276 g/mol. The van der Waals surface area contributed by atoms with Gasteiger partial charge in [0.1, 0.15) is 0 Å². The molecule has 1 aliphatic rings. The Morgan fingerprint density at radius 2 is 2.05 bits per heavy atom. The van der Waals surface area contributed by atoms with E-state index in [0.717, 1.165) is 30.6 Å². The molecule has 2 rings (SSSR count). The Morgan fingerprint density at radius 3 is 2.70 bits per heavy atom. The third kappa shape index (κ3) is 4.35. The van der Waals surface area contributed by atoms with Gasteiger partial charge in [-0.3, -0.25) is 9.59 Å². The molecule has 5 heteroatoms. The Labute approximate surface area is 118 Å². The van der Waals surface area contributed by atoms with Crippen LogP contribution in [0.5, 0.6) is 0 Å². The van der Waals surface area contributed by atoms with Crippen molar-refractivity contribution in [2.24, 2.45) is 5.92 Å². The fraction of sp³-hybridized carbons (Fsp3) is 0.467. The molecule has 0 bridgehead atoms. The summed E-state index contributed by atoms with van der Waals surface area (Å²) in [5, 5.41) is 15.0. The molecule has 1 atom stereocenters. The van der Waals surface area contributed by atoms with Crippen molar-refractivity contribution in [2.75, 3.05) is 13.1 Å². The summed E-state index contributed by atoms with van der Waals surface area (Å²) in [6, 6.07) is 7.31. The van der Waals surface area contributed by atoms with Gasteiger partial charge in [-0.25, -0.2) is 0 Å². The van der Waals surface area contributed by atoms with Gasteiger partial charge in [-0.05, 0) is 36.6 Å². The number of carboxylic acid groups (broad SMARTS) is 1. The molecule has 20 heavy (non-hydrogen) atoms. The molecule has 1 aromatic rings. The summed E-state index contributed by atoms with van der Waals surface area (Å²) in [6.07, 6.45) is 1.57. The highest BCUT2D eigenvalue weighted by Gasteiger charge is 2.18. The number of carbonyl (C=O) groups is 2. The maximum atomic E-state index is 11.9. The minimum absolute atomic E-state index is 0.0153. The second-order valence-electron chi connectivity index (χ2n) is 5.18. The van der Waals surface area contributed by atoms with Crippen molar-refractivity contribution < 1.29 is 14.7 Å². The van der Waals surface area contributed by atoms with Gasteiger partial charge in [0.15, 0.2) is 0 Å². The minimum atomic E-state index is -0.860. The molecule has 0 aromatic heterocycles. The van der Waals surface area contributed by atoms with Crippen molar-refractivity contribution in [1.29, 1.82) is 0 Å². The highest BCUT2D eigenvalue weighted by atomic mass is 16.4. The van der Waals surface area contributed by atoms with Crippen molar-refractivity contribution in [3.05, 3.63) is 35.4 Å². The predicted octanol–water partition coefficient (Wildman–Crippen LogP) is 0.930. The molecule has 0 spiro atoms. The van der Waals surface area contributed by atoms with E-state index in [1.807, 2.05) is 18.2 Å². The summed E-state index contributed by atoms with van der Waals surface area (Å²) < 4.78 is 0. The van der Waals surface area contributed by atoms with E-state index < -0.39 is 5.97 Å². The molecule has 1 heterocycles. The lowest BCUT2D eigenvalue weighted by Gasteiger charge is -2.11. The lowest BCUT2D eigenvalue weighted by Crippen LogP contribution is -2.26. The minimum Gasteiger partial charge on any atom is -0.481 e. The predicted molar refractivity (Wildman–Crippen MR) is 75.2 cm³/mol. The van der Waals surface area contributed by atoms with Crippen molar-refractivity contribution in [2.45, 2.75) is 25.8 Å². The summed E-state index contributed by atoms with van der Waals surface area (Å²) in [5.74, 6) is -0.408. The Bertz CT molecular complexity index is 482. The summed E-state index contributed by atoms with van der Waals surface area (Å²) in [4.78, 5) is 22.6. The Kier molecular flexibility index (Phi) is 5.12. The maximum absolute atomic E-state index is 11.9. The van der Waals surface area contributed by atoms with Crippen LogP contribution in [-0.4, -0.2) is 30.1 Å². The van der Waals surface area contributed by atoms with Crippen molar-refractivity contribution in [3.8, 4) is 0 Å². The number of nitrogens with one attached hydrogen (secondary N) is 2. The van der Waals surface area contributed by atoms with Gasteiger partial charge in [-0.15, -0.1) is 0 Å². The Balaban J connectivity index is 1.86. The lowest BCUT2D eigenvalue weighted by atomic mass is 10.0. The maximum Gasteiger partial charge on any atom is 0.307 e. The first kappa shape index (κ1) is 14.5. The third-order valence-corrected chi connectivity index (χ3v) is 3.57. The first-order valence-electron chi connectivity index (χ1n) is 6.91. The summed E-state index contributed by atoms with van der Waals surface area (Å²) in [6.45, 7) is 2.28. The van der Waals surface area contributed by atoms with Gasteiger partial charge in [-0.1, -0.05) is 24.3 Å². The standard InChI is InChI=1S/C15H20N2O3/c18-14(7-11-5-6-16-9-11)17-10-13-4-2-1-3-12(13)8-15(19)20/h1-4,11,16H,5-10H2,(H,17,18)(H,19,20). The van der Waals surface area contributed by atoms with Crippen LogP contribution in [0.25, 0.3) is 0 Å². The lowest BCUT2D eigenvalue weighted by molar-refractivity contribution is -0.136. The molecule has 1 amide bonds. The van der Waals surface area contributed by atoms with E-state index in [1.54, 1.807) is 6.07 Å². The quantitative estimate of drug-likeness (QED) is 0.722. The third-order valence-electron chi connectivity index (χ3n) is 3.57. The van der Waals surface area contributed by atoms with Crippen LogP contribution in [0, 0.1) is 5.92 Å². The van der Waals surface area contributed by atoms with E-state index in [0.29, 0.717) is 18.9 Å². The molecule has 3 N–H and O–H groups in total. The number of amides is 1. The second-order valence-corrected chi connectivity index (χ2v) is 5.18. The molecular weight excluding hydrogens is 256 g/mol. The zero-order valence-corrected chi connectivity index (χ0v) is 11.4. The first-order valence-corrected chi connectivity index (χ1v) is 6.91. The summed E-state index contributed by atoms with van der Waals surface area (Å²) >= 11 is 0. The van der Waals surface area contributed by atoms with Crippen molar-refractivity contribution in [3.63, 3.8) is 0 Å². The normalized spacial score (nSPS) is 17.9. The molecule has 0 aliphatic carbocycles. The van der Waals surface area contributed by atoms with Gasteiger partial charge in [0.25, 0.3) is 0 Å². The number of hydrogen-bond donors (Lipinski definition) is 3. The molecule has 5 nitrogen and oxygen atoms in total. The number of rotatable bonds is 6. The topological polar surface area (TPSA) is 78.4 Å². The van der Waals surface area contributed by atoms with Crippen LogP contribution in [-0.2, 0) is 22.6 Å². The number of carbonyl (C=O) groups excluding carboxylic acids is 1. The molecule has 1 aromatic carbocycles. The smallest absolute Gasteiger partial charge is 0.307 e. The average molecular weight is 276 g/mol. The zero-order valence-electron chi connectivity index (χ0n) is 11.4. The molecule has 1 unspecified atom stereocenters. The molecule has 1 fully saturated rings. The van der Waals surface area contributed by atoms with Crippen LogP contribution in [0.3, 0.4) is 0 Å². The number of benzene rings is 1. The first-order chi connectivity index (χ1) is 9.65. The van der Waals surface area contributed by atoms with Gasteiger partial charge < -0.3 is 15.7 Å². The highest BCUT2D eigenvalue weighted by molar-refractivity contribution is 5.76. The van der Waals surface area contributed by atoms with E-state index in [4.69, 9.17) is 5.11 Å². The molecule has 0 radical (unpaired) electrons. The van der Waals surface area contributed by atoms with E-state index in [-0.39, 0.29) is 12.3 Å². The van der Waals surface area contributed by atoms with Crippen molar-refractivity contribution >= 4 is 11.9 Å². The van der Waals surface area contributed by atoms with Crippen LogP contribution < -0.4 is 10.6 Å². The molecular formula is C15H20N2O3. The van der Waals surface area contributed by atoms with Gasteiger partial charge in [0, 0.05) is 13.0 Å². The number of hydrogen-bond acceptors (Lipinski definition) is 3. The Hall–Kier alpha value is -1.88. The number of carboxylic acids is 1. The summed E-state index contributed by atoms with van der Waals surface area (Å²) in [5.41, 5.74) is 1.62. The van der Waals surface area contributed by atoms with E-state index in [9.17, 15) is 9.59 Å². The average Bonchev–Trinajstić information content (AvgIpc) is 2.90. The van der Waals surface area contributed by atoms with Crippen LogP contribution in [0.2, 0.25) is 0 Å². The van der Waals surface area contributed by atoms with Gasteiger partial charge in [0.2, 0.25) is 5.91 Å². The van der Waals surface area contributed by atoms with E-state index in [1.165, 1.54) is 0 Å². The molecule has 108 valence electrons. The number of aliphatic carboxylic acids is 1. The second kappa shape index (κ2) is 7.05. The van der Waals surface area contributed by atoms with Crippen LogP contribution >= 0.6 is 0 Å². The van der Waals surface area contributed by atoms with E-state index >= 15 is 0 Å². The highest BCUT2D eigenvalue weighted by Crippen LogP contribution is 2.13. The van der Waals surface area contributed by atoms with Crippen LogP contribution in [0.4, 0.5) is 0 Å². The van der Waals surface area contributed by atoms with Gasteiger partial charge >= 0.3 is 5.97 Å². The van der Waals surface area contributed by atoms with Gasteiger partial charge in [-0.2, -0.15) is 0 Å². The van der Waals surface area contributed by atoms with Crippen LogP contribution in [0.15, 0.2) is 24.3 Å². The molecule has 1 aliphatic heterocycles. The van der Waals surface area contributed by atoms with Gasteiger partial charge in [0.05, 0.1) is 6.42 Å². The van der Waals surface area contributed by atoms with E-state index in [2.05, 4.69) is 10.6 Å². The van der Waals surface area contributed by atoms with Crippen molar-refractivity contribution in [1.82, 2.24) is 10.6 Å². The van der Waals surface area contributed by atoms with Crippen LogP contribution in [0.1, 0.15) is 24.0 Å². The molecule has 0 saturated carbocycles. The Morgan fingerprint density at radius 1 is 1.30 bits per heavy atom. The summed E-state index contributed by atoms with van der Waals surface area (Å²) in [7, 11) is 0. The fourth-order valence-electron chi connectivity index (χ4n) is 2.48. The molecule has 1 saturated heterocycles.